The molecule has 9 heteroatoms. The average Bonchev–Trinajstić information content (AvgIpc) is 3.74. The van der Waals surface area contributed by atoms with Gasteiger partial charge in [-0.2, -0.15) is 34.2 Å². The molecule has 0 atom stereocenters. The number of nitriles is 4. The van der Waals surface area contributed by atoms with Crippen molar-refractivity contribution >= 4 is 43.6 Å². The van der Waals surface area contributed by atoms with Gasteiger partial charge < -0.3 is 9.13 Å². The van der Waals surface area contributed by atoms with Crippen molar-refractivity contribution < 1.29 is 13.2 Å². The Morgan fingerprint density at radius 2 is 0.893 bits per heavy atom. The highest BCUT2D eigenvalue weighted by molar-refractivity contribution is 6.12. The monoisotopic (exact) mass is 728 g/mol. The number of halogens is 3. The van der Waals surface area contributed by atoms with Gasteiger partial charge in [-0.15, -0.1) is 0 Å². The number of para-hydroxylation sites is 2. The van der Waals surface area contributed by atoms with E-state index in [1.165, 1.54) is 6.07 Å². The van der Waals surface area contributed by atoms with Crippen LogP contribution in [0.4, 0.5) is 13.2 Å². The molecule has 0 spiro atoms. The van der Waals surface area contributed by atoms with E-state index in [9.17, 15) is 34.2 Å². The number of rotatable bonds is 4. The SMILES string of the molecule is N#Cc1ccc(-n2c3ccccc3c3cc(C#N)ccc32)c(-c2cc(-c3ccc(C(F)(F)F)cc3C#N)ccc2-n2c3ccccc3c3cc(C#N)ccc32)c1. The topological polar surface area (TPSA) is 105 Å². The van der Waals surface area contributed by atoms with Crippen LogP contribution in [-0.2, 0) is 6.18 Å². The van der Waals surface area contributed by atoms with Crippen molar-refractivity contribution in [3.63, 3.8) is 0 Å². The molecule has 0 saturated carbocycles. The van der Waals surface area contributed by atoms with E-state index in [2.05, 4.69) is 27.3 Å². The van der Waals surface area contributed by atoms with E-state index in [1.807, 2.05) is 97.1 Å². The Balaban J connectivity index is 1.42. The van der Waals surface area contributed by atoms with Gasteiger partial charge in [0.1, 0.15) is 0 Å². The zero-order valence-corrected chi connectivity index (χ0v) is 29.1. The fourth-order valence-corrected chi connectivity index (χ4v) is 7.80. The Morgan fingerprint density at radius 1 is 0.411 bits per heavy atom. The van der Waals surface area contributed by atoms with Crippen LogP contribution in [-0.4, -0.2) is 9.13 Å². The van der Waals surface area contributed by atoms with Crippen LogP contribution in [0.15, 0.2) is 140 Å². The van der Waals surface area contributed by atoms with Crippen LogP contribution in [0.2, 0.25) is 0 Å². The van der Waals surface area contributed by atoms with E-state index < -0.39 is 11.7 Å². The van der Waals surface area contributed by atoms with E-state index in [0.717, 1.165) is 55.7 Å². The second-order valence-corrected chi connectivity index (χ2v) is 13.3. The number of nitrogens with zero attached hydrogens (tertiary/aromatic N) is 6. The van der Waals surface area contributed by atoms with Crippen molar-refractivity contribution in [1.29, 1.82) is 21.0 Å². The van der Waals surface area contributed by atoms with Crippen molar-refractivity contribution in [1.82, 2.24) is 9.13 Å². The van der Waals surface area contributed by atoms with E-state index in [4.69, 9.17) is 0 Å². The molecule has 0 aliphatic rings. The van der Waals surface area contributed by atoms with Crippen LogP contribution >= 0.6 is 0 Å². The van der Waals surface area contributed by atoms with Crippen molar-refractivity contribution in [2.45, 2.75) is 6.18 Å². The molecule has 0 radical (unpaired) electrons. The zero-order valence-electron chi connectivity index (χ0n) is 29.1. The maximum atomic E-state index is 13.8. The van der Waals surface area contributed by atoms with E-state index >= 15 is 0 Å². The highest BCUT2D eigenvalue weighted by Gasteiger charge is 2.31. The molecular formula is C47H23F3N6. The number of aromatic nitrogens is 2. The highest BCUT2D eigenvalue weighted by Crippen LogP contribution is 2.43. The predicted molar refractivity (Wildman–Crippen MR) is 210 cm³/mol. The van der Waals surface area contributed by atoms with Gasteiger partial charge in [0.2, 0.25) is 0 Å². The maximum Gasteiger partial charge on any atom is 0.416 e. The minimum Gasteiger partial charge on any atom is -0.309 e. The van der Waals surface area contributed by atoms with Crippen molar-refractivity contribution in [3.05, 3.63) is 167 Å². The van der Waals surface area contributed by atoms with E-state index in [-0.39, 0.29) is 5.56 Å². The number of hydrogen-bond donors (Lipinski definition) is 0. The summed E-state index contributed by atoms with van der Waals surface area (Å²) in [6.07, 6.45) is -4.63. The van der Waals surface area contributed by atoms with Crippen LogP contribution < -0.4 is 0 Å². The summed E-state index contributed by atoms with van der Waals surface area (Å²) in [7, 11) is 0. The molecule has 0 unspecified atom stereocenters. The van der Waals surface area contributed by atoms with Crippen LogP contribution in [0.5, 0.6) is 0 Å². The first-order valence-corrected chi connectivity index (χ1v) is 17.4. The largest absolute Gasteiger partial charge is 0.416 e. The van der Waals surface area contributed by atoms with Gasteiger partial charge in [-0.3, -0.25) is 0 Å². The van der Waals surface area contributed by atoms with Crippen LogP contribution in [0.3, 0.4) is 0 Å². The minimum atomic E-state index is -4.63. The fourth-order valence-electron chi connectivity index (χ4n) is 7.80. The van der Waals surface area contributed by atoms with Crippen molar-refractivity contribution in [2.75, 3.05) is 0 Å². The van der Waals surface area contributed by atoms with Gasteiger partial charge in [0, 0.05) is 32.7 Å². The summed E-state index contributed by atoms with van der Waals surface area (Å²) >= 11 is 0. The normalized spacial score (nSPS) is 11.4. The first kappa shape index (κ1) is 33.7. The lowest BCUT2D eigenvalue weighted by Gasteiger charge is -2.20. The summed E-state index contributed by atoms with van der Waals surface area (Å²) in [6, 6.07) is 49.4. The van der Waals surface area contributed by atoms with Gasteiger partial charge in [0.15, 0.2) is 0 Å². The summed E-state index contributed by atoms with van der Waals surface area (Å²) in [4.78, 5) is 0. The van der Waals surface area contributed by atoms with Gasteiger partial charge in [-0.05, 0) is 102 Å². The minimum absolute atomic E-state index is 0.138. The zero-order chi connectivity index (χ0) is 38.7. The highest BCUT2D eigenvalue weighted by atomic mass is 19.4. The van der Waals surface area contributed by atoms with Crippen molar-refractivity contribution in [2.24, 2.45) is 0 Å². The van der Waals surface area contributed by atoms with Gasteiger partial charge >= 0.3 is 6.18 Å². The molecule has 56 heavy (non-hydrogen) atoms. The lowest BCUT2D eigenvalue weighted by molar-refractivity contribution is -0.137. The molecule has 7 aromatic carbocycles. The Bertz CT molecular complexity index is 3300. The van der Waals surface area contributed by atoms with Crippen LogP contribution in [0.1, 0.15) is 27.8 Å². The lowest BCUT2D eigenvalue weighted by atomic mass is 9.92. The molecule has 6 nitrogen and oxygen atoms in total. The number of fused-ring (bicyclic) bond motifs is 6. The second-order valence-electron chi connectivity index (χ2n) is 13.3. The molecule has 0 saturated heterocycles. The van der Waals surface area contributed by atoms with Crippen LogP contribution in [0, 0.1) is 45.3 Å². The molecule has 0 fully saturated rings. The van der Waals surface area contributed by atoms with Gasteiger partial charge in [0.25, 0.3) is 0 Å². The maximum absolute atomic E-state index is 13.8. The molecule has 2 aromatic heterocycles. The molecule has 0 amide bonds. The van der Waals surface area contributed by atoms with Gasteiger partial charge in [0.05, 0.1) is 85.5 Å². The van der Waals surface area contributed by atoms with E-state index in [1.54, 1.807) is 30.3 Å². The van der Waals surface area contributed by atoms with Gasteiger partial charge in [-0.1, -0.05) is 48.5 Å². The first-order valence-electron chi connectivity index (χ1n) is 17.4. The lowest BCUT2D eigenvalue weighted by Crippen LogP contribution is -2.05. The van der Waals surface area contributed by atoms with Crippen LogP contribution in [0.25, 0.3) is 77.2 Å². The second kappa shape index (κ2) is 12.8. The molecule has 262 valence electrons. The Kier molecular flexibility index (Phi) is 7.69. The Hall–Kier alpha value is -8.11. The van der Waals surface area contributed by atoms with Crippen molar-refractivity contribution in [3.8, 4) is 57.9 Å². The molecular weight excluding hydrogens is 706 g/mol. The van der Waals surface area contributed by atoms with Gasteiger partial charge in [-0.25, -0.2) is 0 Å². The quantitative estimate of drug-likeness (QED) is 0.180. The number of benzene rings is 7. The predicted octanol–water partition coefficient (Wildman–Crippen LogP) is 11.7. The molecule has 0 aliphatic carbocycles. The Labute approximate surface area is 317 Å². The average molecular weight is 729 g/mol. The third-order valence-electron chi connectivity index (χ3n) is 10.3. The van der Waals surface area contributed by atoms with E-state index in [0.29, 0.717) is 50.3 Å². The summed E-state index contributed by atoms with van der Waals surface area (Å²) < 4.78 is 45.5. The third kappa shape index (κ3) is 5.24. The summed E-state index contributed by atoms with van der Waals surface area (Å²) in [5, 5.41) is 43.5. The Morgan fingerprint density at radius 3 is 1.43 bits per heavy atom. The molecule has 0 bridgehead atoms. The summed E-state index contributed by atoms with van der Waals surface area (Å²) in [5.74, 6) is 0. The number of hydrogen-bond acceptors (Lipinski definition) is 4. The molecule has 9 aromatic rings. The molecule has 2 heterocycles. The third-order valence-corrected chi connectivity index (χ3v) is 10.3. The first-order chi connectivity index (χ1) is 27.2. The number of alkyl halides is 3. The molecule has 9 rings (SSSR count). The molecule has 0 N–H and O–H groups in total. The fraction of sp³-hybridized carbons (Fsp3) is 0.0213. The standard InChI is InChI=1S/C47H23F3N6/c48-47(49,50)33-13-14-34(32(22-33)27-54)31-12-18-46(56-42-8-4-2-6-36(42)38-20-29(25-52)10-16-44(38)56)40(23-31)39-21-30(26-53)11-17-45(39)55-41-7-3-1-5-35(41)37-19-28(24-51)9-15-43(37)55/h1-23H. The summed E-state index contributed by atoms with van der Waals surface area (Å²) in [5.41, 5.74) is 7.13. The smallest absolute Gasteiger partial charge is 0.309 e. The molecule has 0 aliphatic heterocycles. The summed E-state index contributed by atoms with van der Waals surface area (Å²) in [6.45, 7) is 0.